The van der Waals surface area contributed by atoms with Crippen LogP contribution in [0.1, 0.15) is 35.8 Å². The van der Waals surface area contributed by atoms with Crippen molar-refractivity contribution in [1.29, 1.82) is 0 Å². The molecule has 5 nitrogen and oxygen atoms in total. The molecule has 5 heteroatoms. The van der Waals surface area contributed by atoms with Crippen molar-refractivity contribution in [2.24, 2.45) is 11.7 Å². The van der Waals surface area contributed by atoms with E-state index in [9.17, 15) is 0 Å². The van der Waals surface area contributed by atoms with Crippen molar-refractivity contribution in [2.75, 3.05) is 0 Å². The van der Waals surface area contributed by atoms with Gasteiger partial charge in [0.15, 0.2) is 5.82 Å². The van der Waals surface area contributed by atoms with Gasteiger partial charge >= 0.3 is 0 Å². The van der Waals surface area contributed by atoms with E-state index in [0.29, 0.717) is 30.8 Å². The highest BCUT2D eigenvalue weighted by Crippen LogP contribution is 2.38. The highest BCUT2D eigenvalue weighted by Gasteiger charge is 2.32. The molecule has 0 amide bonds. The van der Waals surface area contributed by atoms with E-state index >= 15 is 0 Å². The molecule has 0 saturated heterocycles. The van der Waals surface area contributed by atoms with Crippen LogP contribution < -0.4 is 5.73 Å². The fourth-order valence-corrected chi connectivity index (χ4v) is 2.46. The van der Waals surface area contributed by atoms with E-state index in [2.05, 4.69) is 22.3 Å². The van der Waals surface area contributed by atoms with Crippen molar-refractivity contribution in [3.63, 3.8) is 0 Å². The number of hydrogen-bond acceptors (Lipinski definition) is 5. The summed E-state index contributed by atoms with van der Waals surface area (Å²) in [6.45, 7) is 1.35. The van der Waals surface area contributed by atoms with Gasteiger partial charge in [0, 0.05) is 5.56 Å². The molecule has 1 saturated carbocycles. The summed E-state index contributed by atoms with van der Waals surface area (Å²) < 4.78 is 10.7. The predicted octanol–water partition coefficient (Wildman–Crippen LogP) is 2.18. The van der Waals surface area contributed by atoms with Crippen LogP contribution >= 0.6 is 0 Å². The zero-order valence-electron chi connectivity index (χ0n) is 10.5. The number of benzene rings is 1. The van der Waals surface area contributed by atoms with Gasteiger partial charge in [-0.2, -0.15) is 4.98 Å². The van der Waals surface area contributed by atoms with Crippen LogP contribution in [0.4, 0.5) is 0 Å². The third-order valence-corrected chi connectivity index (χ3v) is 3.84. The maximum atomic E-state index is 6.08. The first kappa shape index (κ1) is 11.1. The van der Waals surface area contributed by atoms with E-state index < -0.39 is 0 Å². The molecule has 1 aromatic heterocycles. The lowest BCUT2D eigenvalue weighted by Crippen LogP contribution is -2.13. The van der Waals surface area contributed by atoms with Crippen LogP contribution in [0.5, 0.6) is 0 Å². The minimum Gasteiger partial charge on any atom is -0.372 e. The molecule has 2 heterocycles. The van der Waals surface area contributed by atoms with Crippen molar-refractivity contribution in [2.45, 2.75) is 32.1 Å². The summed E-state index contributed by atoms with van der Waals surface area (Å²) in [5.41, 5.74) is 9.45. The molecule has 1 fully saturated rings. The highest BCUT2D eigenvalue weighted by molar-refractivity contribution is 5.56. The number of nitrogens with two attached hydrogens (primary N) is 1. The Labute approximate surface area is 110 Å². The summed E-state index contributed by atoms with van der Waals surface area (Å²) in [5, 5.41) is 4.00. The first-order valence-corrected chi connectivity index (χ1v) is 6.60. The van der Waals surface area contributed by atoms with E-state index in [1.54, 1.807) is 0 Å². The smallest absolute Gasteiger partial charge is 0.257 e. The van der Waals surface area contributed by atoms with E-state index in [1.807, 2.05) is 6.07 Å². The number of nitrogens with zero attached hydrogens (tertiary/aromatic N) is 2. The lowest BCUT2D eigenvalue weighted by Gasteiger charge is -2.02. The highest BCUT2D eigenvalue weighted by atomic mass is 16.5. The lowest BCUT2D eigenvalue weighted by molar-refractivity contribution is 0.134. The van der Waals surface area contributed by atoms with Gasteiger partial charge in [0.05, 0.1) is 19.3 Å². The molecule has 1 unspecified atom stereocenters. The second kappa shape index (κ2) is 4.15. The molecule has 1 atom stereocenters. The largest absolute Gasteiger partial charge is 0.372 e. The first-order chi connectivity index (χ1) is 9.31. The van der Waals surface area contributed by atoms with Gasteiger partial charge in [-0.05, 0) is 42.0 Å². The number of fused-ring (bicyclic) bond motifs is 1. The molecule has 1 aliphatic carbocycles. The summed E-state index contributed by atoms with van der Waals surface area (Å²) in [6, 6.07) is 6.02. The molecule has 1 aromatic carbocycles. The van der Waals surface area contributed by atoms with E-state index in [1.165, 1.54) is 24.0 Å². The zero-order valence-corrected chi connectivity index (χ0v) is 10.5. The molecule has 19 heavy (non-hydrogen) atoms. The predicted molar refractivity (Wildman–Crippen MR) is 67.9 cm³/mol. The van der Waals surface area contributed by atoms with E-state index in [0.717, 1.165) is 5.56 Å². The van der Waals surface area contributed by atoms with Gasteiger partial charge in [-0.15, -0.1) is 0 Å². The van der Waals surface area contributed by atoms with Crippen LogP contribution in [0.15, 0.2) is 22.7 Å². The number of rotatable bonds is 3. The average molecular weight is 257 g/mol. The van der Waals surface area contributed by atoms with Crippen molar-refractivity contribution in [1.82, 2.24) is 10.1 Å². The molecule has 4 rings (SSSR count). The van der Waals surface area contributed by atoms with Crippen LogP contribution in [-0.4, -0.2) is 10.1 Å². The van der Waals surface area contributed by atoms with E-state index in [-0.39, 0.29) is 6.04 Å². The number of hydrogen-bond donors (Lipinski definition) is 1. The Hall–Kier alpha value is -1.72. The number of ether oxygens (including phenoxy) is 1. The van der Waals surface area contributed by atoms with Gasteiger partial charge < -0.3 is 15.0 Å². The van der Waals surface area contributed by atoms with Crippen molar-refractivity contribution in [3.8, 4) is 11.5 Å². The summed E-state index contributed by atoms with van der Waals surface area (Å²) >= 11 is 0. The fourth-order valence-electron chi connectivity index (χ4n) is 2.46. The molecule has 0 spiro atoms. The van der Waals surface area contributed by atoms with Crippen molar-refractivity contribution in [3.05, 3.63) is 35.2 Å². The molecular weight excluding hydrogens is 242 g/mol. The number of aromatic nitrogens is 2. The summed E-state index contributed by atoms with van der Waals surface area (Å²) in [5.74, 6) is 1.69. The van der Waals surface area contributed by atoms with E-state index in [4.69, 9.17) is 15.0 Å². The molecule has 0 radical (unpaired) electrons. The third-order valence-electron chi connectivity index (χ3n) is 3.84. The van der Waals surface area contributed by atoms with Crippen LogP contribution in [-0.2, 0) is 18.0 Å². The summed E-state index contributed by atoms with van der Waals surface area (Å²) in [4.78, 5) is 4.42. The van der Waals surface area contributed by atoms with Gasteiger partial charge in [-0.3, -0.25) is 0 Å². The van der Waals surface area contributed by atoms with Gasteiger partial charge in [0.1, 0.15) is 0 Å². The quantitative estimate of drug-likeness (QED) is 0.912. The normalized spacial score (nSPS) is 19.4. The van der Waals surface area contributed by atoms with Crippen molar-refractivity contribution < 1.29 is 9.26 Å². The maximum Gasteiger partial charge on any atom is 0.257 e. The Kier molecular flexibility index (Phi) is 2.43. The standard InChI is InChI=1S/C14H15N3O2/c15-12(8-1-2-8)13-16-14(19-17-13)9-3-4-10-6-18-7-11(10)5-9/h3-5,8,12H,1-2,6-7,15H2. The third kappa shape index (κ3) is 1.95. The topological polar surface area (TPSA) is 74.2 Å². The van der Waals surface area contributed by atoms with Crippen LogP contribution in [0.3, 0.4) is 0 Å². The van der Waals surface area contributed by atoms with Gasteiger partial charge in [-0.1, -0.05) is 11.2 Å². The summed E-state index contributed by atoms with van der Waals surface area (Å²) in [6.07, 6.45) is 2.34. The van der Waals surface area contributed by atoms with Crippen LogP contribution in [0, 0.1) is 5.92 Å². The second-order valence-corrected chi connectivity index (χ2v) is 5.30. The molecule has 98 valence electrons. The molecular formula is C14H15N3O2. The summed E-state index contributed by atoms with van der Waals surface area (Å²) in [7, 11) is 0. The molecule has 2 aromatic rings. The fraction of sp³-hybridized carbons (Fsp3) is 0.429. The Morgan fingerprint density at radius 3 is 2.89 bits per heavy atom. The Morgan fingerprint density at radius 2 is 2.05 bits per heavy atom. The monoisotopic (exact) mass is 257 g/mol. The lowest BCUT2D eigenvalue weighted by atomic mass is 10.1. The second-order valence-electron chi connectivity index (χ2n) is 5.30. The average Bonchev–Trinajstić information content (AvgIpc) is 2.99. The SMILES string of the molecule is NC(c1noc(-c2ccc3c(c2)COC3)n1)C1CC1. The first-order valence-electron chi connectivity index (χ1n) is 6.60. The molecule has 2 aliphatic rings. The Bertz CT molecular complexity index is 619. The van der Waals surface area contributed by atoms with Crippen molar-refractivity contribution >= 4 is 0 Å². The molecule has 2 N–H and O–H groups in total. The van der Waals surface area contributed by atoms with Gasteiger partial charge in [-0.25, -0.2) is 0 Å². The van der Waals surface area contributed by atoms with Crippen LogP contribution in [0.25, 0.3) is 11.5 Å². The van der Waals surface area contributed by atoms with Gasteiger partial charge in [0.25, 0.3) is 5.89 Å². The van der Waals surface area contributed by atoms with Gasteiger partial charge in [0.2, 0.25) is 0 Å². The zero-order chi connectivity index (χ0) is 12.8. The maximum absolute atomic E-state index is 6.08. The minimum absolute atomic E-state index is 0.0877. The Morgan fingerprint density at radius 1 is 1.21 bits per heavy atom. The minimum atomic E-state index is -0.0877. The van der Waals surface area contributed by atoms with Crippen LogP contribution in [0.2, 0.25) is 0 Å². The Balaban J connectivity index is 1.65. The molecule has 0 bridgehead atoms. The molecule has 1 aliphatic heterocycles.